The van der Waals surface area contributed by atoms with E-state index >= 15 is 0 Å². The molecule has 5 nitrogen and oxygen atoms in total. The Kier molecular flexibility index (Phi) is 5.43. The van der Waals surface area contributed by atoms with Crippen LogP contribution < -0.4 is 0 Å². The molecule has 0 spiro atoms. The molecule has 0 aromatic carbocycles. The van der Waals surface area contributed by atoms with Gasteiger partial charge in [0.1, 0.15) is 6.10 Å². The number of pyridine rings is 1. The molecule has 3 atom stereocenters. The standard InChI is InChI=1S/C19H28N2O3/c1-2-8-20-16(4-1)12-21-13-18(19-17(21)5-3-9-23-19)24-14-15-6-10-22-11-7-15/h1-2,4,8,15,17-19H,3,5-7,9-14H2/t17-,18-,19+/m1/s1. The molecule has 24 heavy (non-hydrogen) atoms. The van der Waals surface area contributed by atoms with E-state index in [4.69, 9.17) is 14.2 Å². The SMILES string of the molecule is c1ccc(CN2C[C@@H](OCC3CCOCC3)[C@H]3OCCC[C@H]32)nc1. The maximum Gasteiger partial charge on any atom is 0.100 e. The molecule has 1 aromatic heterocycles. The highest BCUT2D eigenvalue weighted by Gasteiger charge is 2.44. The molecular formula is C19H28N2O3. The average Bonchev–Trinajstić information content (AvgIpc) is 3.00. The minimum atomic E-state index is 0.196. The molecule has 3 saturated heterocycles. The quantitative estimate of drug-likeness (QED) is 0.827. The largest absolute Gasteiger partial charge is 0.381 e. The van der Waals surface area contributed by atoms with Gasteiger partial charge in [0, 0.05) is 45.1 Å². The van der Waals surface area contributed by atoms with E-state index in [1.54, 1.807) is 0 Å². The van der Waals surface area contributed by atoms with Crippen LogP contribution in [0.1, 0.15) is 31.4 Å². The van der Waals surface area contributed by atoms with Gasteiger partial charge in [-0.3, -0.25) is 9.88 Å². The molecule has 4 heterocycles. The zero-order chi connectivity index (χ0) is 16.2. The maximum atomic E-state index is 6.34. The number of hydrogen-bond donors (Lipinski definition) is 0. The van der Waals surface area contributed by atoms with Crippen LogP contribution in [0.5, 0.6) is 0 Å². The summed E-state index contributed by atoms with van der Waals surface area (Å²) in [5, 5.41) is 0. The molecule has 0 unspecified atom stereocenters. The van der Waals surface area contributed by atoms with Gasteiger partial charge in [-0.15, -0.1) is 0 Å². The van der Waals surface area contributed by atoms with Gasteiger partial charge in [-0.05, 0) is 43.7 Å². The van der Waals surface area contributed by atoms with E-state index in [9.17, 15) is 0 Å². The van der Waals surface area contributed by atoms with Crippen molar-refractivity contribution in [1.29, 1.82) is 0 Å². The number of ether oxygens (including phenoxy) is 3. The monoisotopic (exact) mass is 332 g/mol. The molecule has 0 bridgehead atoms. The summed E-state index contributed by atoms with van der Waals surface area (Å²) in [4.78, 5) is 7.00. The van der Waals surface area contributed by atoms with Crippen molar-refractivity contribution in [3.05, 3.63) is 30.1 Å². The first-order valence-corrected chi connectivity index (χ1v) is 9.35. The number of fused-ring (bicyclic) bond motifs is 1. The van der Waals surface area contributed by atoms with Crippen LogP contribution in [-0.4, -0.2) is 61.1 Å². The number of rotatable bonds is 5. The van der Waals surface area contributed by atoms with Gasteiger partial charge in [-0.2, -0.15) is 0 Å². The third-order valence-corrected chi connectivity index (χ3v) is 5.56. The lowest BCUT2D eigenvalue weighted by atomic mass is 10.0. The topological polar surface area (TPSA) is 43.8 Å². The van der Waals surface area contributed by atoms with E-state index in [1.165, 1.54) is 6.42 Å². The zero-order valence-corrected chi connectivity index (χ0v) is 14.3. The molecule has 0 N–H and O–H groups in total. The second-order valence-corrected chi connectivity index (χ2v) is 7.22. The van der Waals surface area contributed by atoms with Crippen LogP contribution in [0.15, 0.2) is 24.4 Å². The predicted molar refractivity (Wildman–Crippen MR) is 90.7 cm³/mol. The van der Waals surface area contributed by atoms with Crippen LogP contribution in [0.25, 0.3) is 0 Å². The highest BCUT2D eigenvalue weighted by Crippen LogP contribution is 2.32. The van der Waals surface area contributed by atoms with Gasteiger partial charge < -0.3 is 14.2 Å². The Hall–Kier alpha value is -1.01. The van der Waals surface area contributed by atoms with Gasteiger partial charge in [0.2, 0.25) is 0 Å². The average molecular weight is 332 g/mol. The molecule has 3 fully saturated rings. The lowest BCUT2D eigenvalue weighted by Crippen LogP contribution is -2.42. The first-order chi connectivity index (χ1) is 11.9. The molecule has 1 aromatic rings. The third-order valence-electron chi connectivity index (χ3n) is 5.56. The summed E-state index contributed by atoms with van der Waals surface area (Å²) in [5.74, 6) is 0.644. The molecule has 3 aliphatic heterocycles. The summed E-state index contributed by atoms with van der Waals surface area (Å²) in [6.45, 7) is 5.32. The Labute approximate surface area is 144 Å². The molecule has 0 saturated carbocycles. The summed E-state index contributed by atoms with van der Waals surface area (Å²) in [7, 11) is 0. The van der Waals surface area contributed by atoms with Crippen molar-refractivity contribution in [2.24, 2.45) is 5.92 Å². The fourth-order valence-electron chi connectivity index (χ4n) is 4.20. The van der Waals surface area contributed by atoms with E-state index in [0.717, 1.165) is 64.5 Å². The molecular weight excluding hydrogens is 304 g/mol. The van der Waals surface area contributed by atoms with Crippen molar-refractivity contribution < 1.29 is 14.2 Å². The van der Waals surface area contributed by atoms with Crippen LogP contribution in [0.4, 0.5) is 0 Å². The number of likely N-dealkylation sites (tertiary alicyclic amines) is 1. The molecule has 0 aliphatic carbocycles. The number of nitrogens with zero attached hydrogens (tertiary/aromatic N) is 2. The molecule has 4 rings (SSSR count). The van der Waals surface area contributed by atoms with Crippen molar-refractivity contribution in [2.75, 3.05) is 33.0 Å². The van der Waals surface area contributed by atoms with Gasteiger partial charge in [-0.25, -0.2) is 0 Å². The predicted octanol–water partition coefficient (Wildman–Crippen LogP) is 2.26. The Morgan fingerprint density at radius 1 is 1.17 bits per heavy atom. The van der Waals surface area contributed by atoms with E-state index in [1.807, 2.05) is 12.3 Å². The van der Waals surface area contributed by atoms with E-state index in [0.29, 0.717) is 12.0 Å². The normalized spacial score (nSPS) is 31.9. The summed E-state index contributed by atoms with van der Waals surface area (Å²) < 4.78 is 17.9. The Morgan fingerprint density at radius 3 is 2.92 bits per heavy atom. The van der Waals surface area contributed by atoms with E-state index < -0.39 is 0 Å². The first-order valence-electron chi connectivity index (χ1n) is 9.35. The van der Waals surface area contributed by atoms with Gasteiger partial charge in [-0.1, -0.05) is 6.07 Å². The maximum absolute atomic E-state index is 6.34. The molecule has 0 amide bonds. The van der Waals surface area contributed by atoms with Gasteiger partial charge in [0.15, 0.2) is 0 Å². The minimum absolute atomic E-state index is 0.196. The summed E-state index contributed by atoms with van der Waals surface area (Å²) in [6, 6.07) is 6.61. The Bertz CT molecular complexity index is 507. The van der Waals surface area contributed by atoms with Gasteiger partial charge in [0.05, 0.1) is 18.4 Å². The lowest BCUT2D eigenvalue weighted by Gasteiger charge is -2.32. The smallest absolute Gasteiger partial charge is 0.100 e. The van der Waals surface area contributed by atoms with Crippen molar-refractivity contribution in [3.63, 3.8) is 0 Å². The Balaban J connectivity index is 1.37. The Morgan fingerprint density at radius 2 is 2.08 bits per heavy atom. The fraction of sp³-hybridized carbons (Fsp3) is 0.737. The van der Waals surface area contributed by atoms with Crippen LogP contribution in [0, 0.1) is 5.92 Å². The van der Waals surface area contributed by atoms with Crippen molar-refractivity contribution in [2.45, 2.75) is 50.5 Å². The zero-order valence-electron chi connectivity index (χ0n) is 14.3. The van der Waals surface area contributed by atoms with Crippen LogP contribution >= 0.6 is 0 Å². The van der Waals surface area contributed by atoms with Crippen LogP contribution in [0.3, 0.4) is 0 Å². The van der Waals surface area contributed by atoms with E-state index in [2.05, 4.69) is 22.0 Å². The van der Waals surface area contributed by atoms with Crippen LogP contribution in [0.2, 0.25) is 0 Å². The summed E-state index contributed by atoms with van der Waals surface area (Å²) in [5.41, 5.74) is 1.13. The number of hydrogen-bond acceptors (Lipinski definition) is 5. The first kappa shape index (κ1) is 16.5. The molecule has 5 heteroatoms. The lowest BCUT2D eigenvalue weighted by molar-refractivity contribution is -0.0892. The highest BCUT2D eigenvalue weighted by molar-refractivity contribution is 5.06. The van der Waals surface area contributed by atoms with Crippen LogP contribution in [-0.2, 0) is 20.8 Å². The molecule has 132 valence electrons. The highest BCUT2D eigenvalue weighted by atomic mass is 16.5. The van der Waals surface area contributed by atoms with E-state index in [-0.39, 0.29) is 12.2 Å². The summed E-state index contributed by atoms with van der Waals surface area (Å²) in [6.07, 6.45) is 6.89. The minimum Gasteiger partial charge on any atom is -0.381 e. The second-order valence-electron chi connectivity index (χ2n) is 7.22. The molecule has 3 aliphatic rings. The third kappa shape index (κ3) is 3.80. The number of aromatic nitrogens is 1. The van der Waals surface area contributed by atoms with Gasteiger partial charge in [0.25, 0.3) is 0 Å². The van der Waals surface area contributed by atoms with Gasteiger partial charge >= 0.3 is 0 Å². The van der Waals surface area contributed by atoms with Crippen molar-refractivity contribution in [3.8, 4) is 0 Å². The summed E-state index contributed by atoms with van der Waals surface area (Å²) >= 11 is 0. The van der Waals surface area contributed by atoms with Crippen molar-refractivity contribution in [1.82, 2.24) is 9.88 Å². The fourth-order valence-corrected chi connectivity index (χ4v) is 4.20. The molecule has 0 radical (unpaired) electrons. The second kappa shape index (κ2) is 7.91. The van der Waals surface area contributed by atoms with Crippen molar-refractivity contribution >= 4 is 0 Å².